The van der Waals surface area contributed by atoms with Gasteiger partial charge in [0.05, 0.1) is 6.10 Å². The minimum atomic E-state index is -1.19. The molecular formula is C24H42N8O6. The van der Waals surface area contributed by atoms with Crippen LogP contribution in [-0.2, 0) is 24.0 Å². The standard InChI is InChI=1S/C24H42N8O6/c1-4-27-20(35)17-9-6-12-31(17)22(37)16(8-5-11-28-24(25)26)30-21(36)18-10-7-13-32(18)23(38)19(14(2)33)29-15(3)34/h14,16-19,33H,4-13H2,1-3H3,(H,27,35)(H,29,34)(H,30,36)(H4,25,26,28)/t14-,16+,17+,18+,19+/m1/s1. The van der Waals surface area contributed by atoms with Gasteiger partial charge in [-0.2, -0.15) is 0 Å². The van der Waals surface area contributed by atoms with Crippen molar-refractivity contribution in [2.75, 3.05) is 26.2 Å². The quantitative estimate of drug-likeness (QED) is 0.0887. The molecule has 214 valence electrons. The molecule has 5 amide bonds. The van der Waals surface area contributed by atoms with Gasteiger partial charge in [0.15, 0.2) is 5.96 Å². The Bertz CT molecular complexity index is 906. The fraction of sp³-hybridized carbons (Fsp3) is 0.750. The highest BCUT2D eigenvalue weighted by Crippen LogP contribution is 2.22. The number of nitrogens with zero attached hydrogens (tertiary/aromatic N) is 3. The molecule has 2 rings (SSSR count). The number of carbonyl (C=O) groups excluding carboxylic acids is 5. The molecule has 2 saturated heterocycles. The molecule has 14 nitrogen and oxygen atoms in total. The Morgan fingerprint density at radius 2 is 1.55 bits per heavy atom. The lowest BCUT2D eigenvalue weighted by atomic mass is 10.1. The van der Waals surface area contributed by atoms with E-state index in [-0.39, 0.29) is 37.3 Å². The van der Waals surface area contributed by atoms with E-state index in [2.05, 4.69) is 20.9 Å². The lowest BCUT2D eigenvalue weighted by Gasteiger charge is -2.32. The van der Waals surface area contributed by atoms with Gasteiger partial charge in [-0.15, -0.1) is 0 Å². The molecule has 2 fully saturated rings. The smallest absolute Gasteiger partial charge is 0.248 e. The number of rotatable bonds is 12. The molecule has 14 heteroatoms. The molecular weight excluding hydrogens is 496 g/mol. The van der Waals surface area contributed by atoms with Gasteiger partial charge >= 0.3 is 0 Å². The number of nitrogens with two attached hydrogens (primary N) is 2. The van der Waals surface area contributed by atoms with Crippen LogP contribution in [0.2, 0.25) is 0 Å². The van der Waals surface area contributed by atoms with Crippen LogP contribution < -0.4 is 27.4 Å². The summed E-state index contributed by atoms with van der Waals surface area (Å²) in [5, 5.41) is 18.0. The Kier molecular flexibility index (Phi) is 11.8. The number of hydrogen-bond acceptors (Lipinski definition) is 7. The van der Waals surface area contributed by atoms with Crippen molar-refractivity contribution in [2.24, 2.45) is 16.5 Å². The molecule has 2 aliphatic rings. The SMILES string of the molecule is CCNC(=O)[C@@H]1CCCN1C(=O)[C@H](CCCN=C(N)N)NC(=O)[C@@H]1CCCN1C(=O)[C@@H](NC(C)=O)[C@@H](C)O. The molecule has 0 aromatic heterocycles. The van der Waals surface area contributed by atoms with Crippen molar-refractivity contribution in [3.8, 4) is 0 Å². The third-order valence-corrected chi connectivity index (χ3v) is 6.70. The van der Waals surface area contributed by atoms with Gasteiger partial charge in [-0.05, 0) is 52.4 Å². The second-order valence-electron chi connectivity index (χ2n) is 9.70. The molecule has 0 bridgehead atoms. The van der Waals surface area contributed by atoms with E-state index >= 15 is 0 Å². The van der Waals surface area contributed by atoms with Gasteiger partial charge in [0, 0.05) is 33.1 Å². The van der Waals surface area contributed by atoms with E-state index in [0.29, 0.717) is 45.2 Å². The zero-order valence-electron chi connectivity index (χ0n) is 22.4. The number of guanidine groups is 1. The van der Waals surface area contributed by atoms with E-state index in [4.69, 9.17) is 11.5 Å². The number of aliphatic hydroxyl groups excluding tert-OH is 1. The predicted molar refractivity (Wildman–Crippen MR) is 139 cm³/mol. The zero-order valence-corrected chi connectivity index (χ0v) is 22.4. The molecule has 0 unspecified atom stereocenters. The third kappa shape index (κ3) is 8.30. The minimum absolute atomic E-state index is 0.0836. The van der Waals surface area contributed by atoms with Crippen LogP contribution in [0.15, 0.2) is 4.99 Å². The molecule has 5 atom stereocenters. The van der Waals surface area contributed by atoms with Crippen molar-refractivity contribution in [1.29, 1.82) is 0 Å². The molecule has 2 aliphatic heterocycles. The molecule has 38 heavy (non-hydrogen) atoms. The number of aliphatic imine (C=N–C) groups is 1. The highest BCUT2D eigenvalue weighted by Gasteiger charge is 2.41. The molecule has 0 aromatic rings. The highest BCUT2D eigenvalue weighted by atomic mass is 16.3. The lowest BCUT2D eigenvalue weighted by Crippen LogP contribution is -2.59. The second-order valence-corrected chi connectivity index (χ2v) is 9.70. The molecule has 0 aliphatic carbocycles. The third-order valence-electron chi connectivity index (χ3n) is 6.70. The van der Waals surface area contributed by atoms with Gasteiger partial charge in [0.1, 0.15) is 24.2 Å². The second kappa shape index (κ2) is 14.5. The Labute approximate surface area is 222 Å². The summed E-state index contributed by atoms with van der Waals surface area (Å²) in [4.78, 5) is 70.9. The first-order valence-corrected chi connectivity index (χ1v) is 13.2. The maximum atomic E-state index is 13.6. The summed E-state index contributed by atoms with van der Waals surface area (Å²) in [5.74, 6) is -2.27. The molecule has 8 N–H and O–H groups in total. The predicted octanol–water partition coefficient (Wildman–Crippen LogP) is -2.47. The van der Waals surface area contributed by atoms with Crippen LogP contribution >= 0.6 is 0 Å². The van der Waals surface area contributed by atoms with Gasteiger partial charge in [-0.1, -0.05) is 0 Å². The Morgan fingerprint density at radius 3 is 2.08 bits per heavy atom. The number of carbonyl (C=O) groups is 5. The topological polar surface area (TPSA) is 213 Å². The van der Waals surface area contributed by atoms with Crippen LogP contribution in [0.5, 0.6) is 0 Å². The van der Waals surface area contributed by atoms with Crippen molar-refractivity contribution in [1.82, 2.24) is 25.8 Å². The van der Waals surface area contributed by atoms with Gasteiger partial charge in [0.2, 0.25) is 29.5 Å². The Balaban J connectivity index is 2.20. The Morgan fingerprint density at radius 1 is 0.974 bits per heavy atom. The maximum absolute atomic E-state index is 13.6. The average molecular weight is 539 g/mol. The maximum Gasteiger partial charge on any atom is 0.248 e. The number of aliphatic hydroxyl groups is 1. The van der Waals surface area contributed by atoms with Gasteiger partial charge < -0.3 is 42.3 Å². The van der Waals surface area contributed by atoms with Crippen molar-refractivity contribution in [3.05, 3.63) is 0 Å². The summed E-state index contributed by atoms with van der Waals surface area (Å²) in [5.41, 5.74) is 10.8. The minimum Gasteiger partial charge on any atom is -0.391 e. The fourth-order valence-corrected chi connectivity index (χ4v) is 4.91. The fourth-order valence-electron chi connectivity index (χ4n) is 4.91. The largest absolute Gasteiger partial charge is 0.391 e. The summed E-state index contributed by atoms with van der Waals surface area (Å²) in [6.07, 6.45) is 1.56. The summed E-state index contributed by atoms with van der Waals surface area (Å²) in [7, 11) is 0. The highest BCUT2D eigenvalue weighted by molar-refractivity contribution is 5.96. The molecule has 0 aromatic carbocycles. The first kappa shape index (κ1) is 30.8. The summed E-state index contributed by atoms with van der Waals surface area (Å²) in [6, 6.07) is -3.63. The van der Waals surface area contributed by atoms with Crippen LogP contribution in [0.1, 0.15) is 59.3 Å². The van der Waals surface area contributed by atoms with Crippen molar-refractivity contribution in [3.63, 3.8) is 0 Å². The number of likely N-dealkylation sites (N-methyl/N-ethyl adjacent to an activating group) is 1. The van der Waals surface area contributed by atoms with E-state index in [1.54, 1.807) is 6.92 Å². The summed E-state index contributed by atoms with van der Waals surface area (Å²) >= 11 is 0. The molecule has 0 spiro atoms. The normalized spacial score (nSPS) is 21.3. The monoisotopic (exact) mass is 538 g/mol. The van der Waals surface area contributed by atoms with Crippen LogP contribution in [0.4, 0.5) is 0 Å². The van der Waals surface area contributed by atoms with Gasteiger partial charge in [-0.25, -0.2) is 0 Å². The van der Waals surface area contributed by atoms with E-state index in [1.165, 1.54) is 23.6 Å². The van der Waals surface area contributed by atoms with Crippen LogP contribution in [0, 0.1) is 0 Å². The van der Waals surface area contributed by atoms with E-state index in [0.717, 1.165) is 0 Å². The van der Waals surface area contributed by atoms with Crippen molar-refractivity contribution in [2.45, 2.75) is 89.6 Å². The van der Waals surface area contributed by atoms with Crippen LogP contribution in [-0.4, -0.2) is 107 Å². The lowest BCUT2D eigenvalue weighted by molar-refractivity contribution is -0.145. The van der Waals surface area contributed by atoms with Gasteiger partial charge in [0.25, 0.3) is 0 Å². The van der Waals surface area contributed by atoms with Crippen molar-refractivity contribution >= 4 is 35.5 Å². The van der Waals surface area contributed by atoms with Crippen LogP contribution in [0.25, 0.3) is 0 Å². The summed E-state index contributed by atoms with van der Waals surface area (Å²) in [6.45, 7) is 5.78. The zero-order chi connectivity index (χ0) is 28.4. The Hall–Kier alpha value is -3.42. The molecule has 2 heterocycles. The summed E-state index contributed by atoms with van der Waals surface area (Å²) < 4.78 is 0. The van der Waals surface area contributed by atoms with Crippen molar-refractivity contribution < 1.29 is 29.1 Å². The number of amides is 5. The number of nitrogens with one attached hydrogen (secondary N) is 3. The van der Waals surface area contributed by atoms with E-state index in [1.807, 2.05) is 0 Å². The average Bonchev–Trinajstić information content (AvgIpc) is 3.53. The number of likely N-dealkylation sites (tertiary alicyclic amines) is 2. The van der Waals surface area contributed by atoms with E-state index in [9.17, 15) is 29.1 Å². The number of hydrogen-bond donors (Lipinski definition) is 6. The first-order chi connectivity index (χ1) is 18.0. The molecule has 0 radical (unpaired) electrons. The van der Waals surface area contributed by atoms with Crippen LogP contribution in [0.3, 0.4) is 0 Å². The van der Waals surface area contributed by atoms with E-state index < -0.39 is 48.0 Å². The van der Waals surface area contributed by atoms with Gasteiger partial charge in [-0.3, -0.25) is 29.0 Å². The first-order valence-electron chi connectivity index (χ1n) is 13.2. The molecule has 0 saturated carbocycles.